The summed E-state index contributed by atoms with van der Waals surface area (Å²) in [7, 11) is 1.55. The van der Waals surface area contributed by atoms with Gasteiger partial charge in [-0.1, -0.05) is 0 Å². The average Bonchev–Trinajstić information content (AvgIpc) is 2.85. The van der Waals surface area contributed by atoms with E-state index in [1.54, 1.807) is 43.5 Å². The molecule has 0 saturated heterocycles. The summed E-state index contributed by atoms with van der Waals surface area (Å²) in [6.07, 6.45) is 0. The Hall–Kier alpha value is -2.89. The second-order valence-electron chi connectivity index (χ2n) is 4.57. The van der Waals surface area contributed by atoms with Gasteiger partial charge in [-0.05, 0) is 30.3 Å². The van der Waals surface area contributed by atoms with Crippen LogP contribution >= 0.6 is 0 Å². The van der Waals surface area contributed by atoms with Gasteiger partial charge in [0.1, 0.15) is 11.5 Å². The molecule has 0 radical (unpaired) electrons. The Morgan fingerprint density at radius 3 is 2.90 bits per heavy atom. The van der Waals surface area contributed by atoms with E-state index in [-0.39, 0.29) is 5.75 Å². The monoisotopic (exact) mass is 286 g/mol. The van der Waals surface area contributed by atoms with Crippen LogP contribution in [-0.2, 0) is 6.54 Å². The maximum absolute atomic E-state index is 11.1. The van der Waals surface area contributed by atoms with Crippen molar-refractivity contribution in [3.8, 4) is 11.5 Å². The molecular formula is C15H14N2O4. The molecule has 6 heteroatoms. The summed E-state index contributed by atoms with van der Waals surface area (Å²) in [6, 6.07) is 10.4. The highest BCUT2D eigenvalue weighted by atomic mass is 16.5. The maximum atomic E-state index is 11.1. The molecule has 1 heterocycles. The predicted octanol–water partition coefficient (Wildman–Crippen LogP) is 2.45. The Bertz CT molecular complexity index is 835. The molecule has 0 unspecified atom stereocenters. The number of ether oxygens (including phenoxy) is 1. The molecular weight excluding hydrogens is 272 g/mol. The van der Waals surface area contributed by atoms with Crippen molar-refractivity contribution in [2.45, 2.75) is 6.54 Å². The number of fused-ring (bicyclic) bond motifs is 1. The SMILES string of the molecule is COc1ccc(CNc2ccc3oc(=O)[nH]c3c2)c(O)c1. The van der Waals surface area contributed by atoms with Gasteiger partial charge in [0.25, 0.3) is 0 Å². The number of phenolic OH excluding ortho intramolecular Hbond substituents is 1. The van der Waals surface area contributed by atoms with Crippen LogP contribution in [0.1, 0.15) is 5.56 Å². The van der Waals surface area contributed by atoms with Crippen LogP contribution in [0.15, 0.2) is 45.6 Å². The lowest BCUT2D eigenvalue weighted by Crippen LogP contribution is -2.00. The largest absolute Gasteiger partial charge is 0.507 e. The summed E-state index contributed by atoms with van der Waals surface area (Å²) in [6.45, 7) is 0.448. The zero-order valence-electron chi connectivity index (χ0n) is 11.3. The van der Waals surface area contributed by atoms with Gasteiger partial charge in [0.2, 0.25) is 0 Å². The highest BCUT2D eigenvalue weighted by Gasteiger charge is 2.05. The summed E-state index contributed by atoms with van der Waals surface area (Å²) < 4.78 is 9.98. The van der Waals surface area contributed by atoms with Crippen molar-refractivity contribution < 1.29 is 14.3 Å². The Morgan fingerprint density at radius 2 is 2.14 bits per heavy atom. The third-order valence-corrected chi connectivity index (χ3v) is 3.19. The number of aromatic hydroxyl groups is 1. The summed E-state index contributed by atoms with van der Waals surface area (Å²) >= 11 is 0. The van der Waals surface area contributed by atoms with Crippen LogP contribution in [0.25, 0.3) is 11.1 Å². The molecule has 3 rings (SSSR count). The number of methoxy groups -OCH3 is 1. The number of hydrogen-bond donors (Lipinski definition) is 3. The Labute approximate surface area is 120 Å². The molecule has 0 saturated carbocycles. The number of rotatable bonds is 4. The molecule has 0 bridgehead atoms. The number of aromatic amines is 1. The third-order valence-electron chi connectivity index (χ3n) is 3.19. The topological polar surface area (TPSA) is 87.5 Å². The first-order valence-electron chi connectivity index (χ1n) is 6.38. The molecule has 0 aliphatic carbocycles. The van der Waals surface area contributed by atoms with Crippen LogP contribution in [0, 0.1) is 0 Å². The molecule has 0 aliphatic heterocycles. The molecule has 0 aliphatic rings. The second kappa shape index (κ2) is 5.24. The molecule has 0 atom stereocenters. The van der Waals surface area contributed by atoms with Gasteiger partial charge in [0.05, 0.1) is 12.6 Å². The van der Waals surface area contributed by atoms with Gasteiger partial charge < -0.3 is 19.6 Å². The highest BCUT2D eigenvalue weighted by Crippen LogP contribution is 2.24. The molecule has 0 spiro atoms. The predicted molar refractivity (Wildman–Crippen MR) is 78.8 cm³/mol. The van der Waals surface area contributed by atoms with Crippen molar-refractivity contribution in [3.05, 3.63) is 52.5 Å². The van der Waals surface area contributed by atoms with Gasteiger partial charge >= 0.3 is 5.76 Å². The van der Waals surface area contributed by atoms with Gasteiger partial charge in [0, 0.05) is 23.9 Å². The molecule has 21 heavy (non-hydrogen) atoms. The van der Waals surface area contributed by atoms with E-state index < -0.39 is 5.76 Å². The first-order valence-corrected chi connectivity index (χ1v) is 6.38. The van der Waals surface area contributed by atoms with E-state index in [9.17, 15) is 9.90 Å². The summed E-state index contributed by atoms with van der Waals surface area (Å²) in [4.78, 5) is 13.7. The third kappa shape index (κ3) is 2.69. The normalized spacial score (nSPS) is 10.7. The molecule has 0 amide bonds. The fourth-order valence-electron chi connectivity index (χ4n) is 2.08. The minimum atomic E-state index is -0.477. The lowest BCUT2D eigenvalue weighted by atomic mass is 10.2. The number of phenols is 1. The minimum absolute atomic E-state index is 0.166. The minimum Gasteiger partial charge on any atom is -0.507 e. The fourth-order valence-corrected chi connectivity index (χ4v) is 2.08. The number of H-pyrrole nitrogens is 1. The van der Waals surface area contributed by atoms with Gasteiger partial charge in [-0.15, -0.1) is 0 Å². The Kier molecular flexibility index (Phi) is 3.27. The van der Waals surface area contributed by atoms with Crippen LogP contribution in [0.5, 0.6) is 11.5 Å². The maximum Gasteiger partial charge on any atom is 0.417 e. The number of benzene rings is 2. The van der Waals surface area contributed by atoms with Crippen LogP contribution in [0.3, 0.4) is 0 Å². The Morgan fingerprint density at radius 1 is 1.29 bits per heavy atom. The molecule has 6 nitrogen and oxygen atoms in total. The van der Waals surface area contributed by atoms with Gasteiger partial charge in [-0.2, -0.15) is 0 Å². The number of aromatic nitrogens is 1. The molecule has 2 aromatic carbocycles. The lowest BCUT2D eigenvalue weighted by molar-refractivity contribution is 0.406. The van der Waals surface area contributed by atoms with Crippen molar-refractivity contribution in [3.63, 3.8) is 0 Å². The smallest absolute Gasteiger partial charge is 0.417 e. The first kappa shape index (κ1) is 13.1. The van der Waals surface area contributed by atoms with E-state index in [4.69, 9.17) is 9.15 Å². The zero-order chi connectivity index (χ0) is 14.8. The molecule has 1 aromatic heterocycles. The standard InChI is InChI=1S/C15H14N2O4/c1-20-11-4-2-9(13(18)7-11)8-16-10-3-5-14-12(6-10)17-15(19)21-14/h2-7,16,18H,8H2,1H3,(H,17,19). The van der Waals surface area contributed by atoms with Crippen LogP contribution in [0.4, 0.5) is 5.69 Å². The fraction of sp³-hybridized carbons (Fsp3) is 0.133. The summed E-state index contributed by atoms with van der Waals surface area (Å²) in [5.41, 5.74) is 2.70. The second-order valence-corrected chi connectivity index (χ2v) is 4.57. The van der Waals surface area contributed by atoms with Crippen molar-refractivity contribution in [2.24, 2.45) is 0 Å². The van der Waals surface area contributed by atoms with Crippen LogP contribution < -0.4 is 15.8 Å². The summed E-state index contributed by atoms with van der Waals surface area (Å²) in [5.74, 6) is 0.295. The van der Waals surface area contributed by atoms with Crippen molar-refractivity contribution in [1.29, 1.82) is 0 Å². The van der Waals surface area contributed by atoms with Crippen LogP contribution in [-0.4, -0.2) is 17.2 Å². The van der Waals surface area contributed by atoms with E-state index in [2.05, 4.69) is 10.3 Å². The average molecular weight is 286 g/mol. The quantitative estimate of drug-likeness (QED) is 0.685. The highest BCUT2D eigenvalue weighted by molar-refractivity contribution is 5.76. The summed E-state index contributed by atoms with van der Waals surface area (Å²) in [5, 5.41) is 13.1. The van der Waals surface area contributed by atoms with E-state index in [1.165, 1.54) is 0 Å². The molecule has 3 aromatic rings. The molecule has 3 N–H and O–H groups in total. The van der Waals surface area contributed by atoms with Crippen LogP contribution in [0.2, 0.25) is 0 Å². The number of anilines is 1. The Balaban J connectivity index is 1.78. The molecule has 0 fully saturated rings. The number of hydrogen-bond acceptors (Lipinski definition) is 5. The zero-order valence-corrected chi connectivity index (χ0v) is 11.3. The van der Waals surface area contributed by atoms with E-state index in [1.807, 2.05) is 0 Å². The molecule has 108 valence electrons. The van der Waals surface area contributed by atoms with Gasteiger partial charge in [0.15, 0.2) is 5.58 Å². The van der Waals surface area contributed by atoms with Crippen molar-refractivity contribution >= 4 is 16.8 Å². The van der Waals surface area contributed by atoms with E-state index in [0.29, 0.717) is 23.4 Å². The van der Waals surface area contributed by atoms with Gasteiger partial charge in [-0.25, -0.2) is 4.79 Å². The number of oxazole rings is 1. The van der Waals surface area contributed by atoms with Crippen molar-refractivity contribution in [2.75, 3.05) is 12.4 Å². The first-order chi connectivity index (χ1) is 10.2. The lowest BCUT2D eigenvalue weighted by Gasteiger charge is -2.09. The van der Waals surface area contributed by atoms with E-state index >= 15 is 0 Å². The van der Waals surface area contributed by atoms with Crippen molar-refractivity contribution in [1.82, 2.24) is 4.98 Å². The number of nitrogens with one attached hydrogen (secondary N) is 2. The van der Waals surface area contributed by atoms with E-state index in [0.717, 1.165) is 11.3 Å². The van der Waals surface area contributed by atoms with Gasteiger partial charge in [-0.3, -0.25) is 4.98 Å².